The number of hydrogen-bond acceptors (Lipinski definition) is 8. The van der Waals surface area contributed by atoms with Crippen LogP contribution in [-0.4, -0.2) is 52.5 Å². The van der Waals surface area contributed by atoms with Crippen molar-refractivity contribution in [2.45, 2.75) is 13.2 Å². The number of rotatable bonds is 5. The summed E-state index contributed by atoms with van der Waals surface area (Å²) in [6.45, 7) is 3.77. The first-order valence-electron chi connectivity index (χ1n) is 9.60. The summed E-state index contributed by atoms with van der Waals surface area (Å²) in [6.07, 6.45) is 3.64. The molecule has 2 aliphatic heterocycles. The Hall–Kier alpha value is -3.39. The molecule has 2 aliphatic rings. The van der Waals surface area contributed by atoms with Gasteiger partial charge in [0.1, 0.15) is 6.61 Å². The van der Waals surface area contributed by atoms with Crippen LogP contribution in [0.3, 0.4) is 0 Å². The number of nitrogens with zero attached hydrogens (tertiary/aromatic N) is 6. The second-order valence-corrected chi connectivity index (χ2v) is 6.83. The van der Waals surface area contributed by atoms with Gasteiger partial charge in [-0.25, -0.2) is 0 Å². The highest BCUT2D eigenvalue weighted by molar-refractivity contribution is 5.85. The molecular formula is C21H20N6O2. The quantitative estimate of drug-likeness (QED) is 0.663. The van der Waals surface area contributed by atoms with Gasteiger partial charge in [-0.15, -0.1) is 0 Å². The van der Waals surface area contributed by atoms with E-state index >= 15 is 0 Å². The van der Waals surface area contributed by atoms with Crippen LogP contribution >= 0.6 is 0 Å². The molecule has 4 heterocycles. The van der Waals surface area contributed by atoms with Crippen molar-refractivity contribution in [1.82, 2.24) is 19.9 Å². The molecule has 0 radical (unpaired) electrons. The Balaban J connectivity index is 1.47. The van der Waals surface area contributed by atoms with Gasteiger partial charge in [-0.2, -0.15) is 15.0 Å². The minimum Gasteiger partial charge on any atom is -0.457 e. The predicted octanol–water partition coefficient (Wildman–Crippen LogP) is 2.28. The molecule has 0 bridgehead atoms. The number of aromatic nitrogens is 4. The second-order valence-electron chi connectivity index (χ2n) is 6.83. The van der Waals surface area contributed by atoms with E-state index in [1.807, 2.05) is 36.5 Å². The maximum absolute atomic E-state index is 5.87. The Morgan fingerprint density at radius 1 is 1.03 bits per heavy atom. The zero-order valence-corrected chi connectivity index (χ0v) is 15.9. The van der Waals surface area contributed by atoms with Gasteiger partial charge in [0.05, 0.1) is 25.5 Å². The standard InChI is InChI=1S/C21H20N6O2/c1-2-6-23-18(3-1)14-29-21-25-19(15-4-5-16-12-22-13-17(16)11-15)24-20(26-21)27-7-9-28-10-8-27/h1-6,11-12H,7-10,13-14H2. The lowest BCUT2D eigenvalue weighted by atomic mass is 10.1. The number of hydrogen-bond donors (Lipinski definition) is 0. The molecule has 0 spiro atoms. The molecule has 146 valence electrons. The maximum atomic E-state index is 5.87. The van der Waals surface area contributed by atoms with Gasteiger partial charge in [-0.05, 0) is 29.3 Å². The van der Waals surface area contributed by atoms with E-state index in [4.69, 9.17) is 14.5 Å². The van der Waals surface area contributed by atoms with Crippen LogP contribution in [0.5, 0.6) is 6.01 Å². The molecule has 2 aromatic heterocycles. The van der Waals surface area contributed by atoms with Crippen LogP contribution in [-0.2, 0) is 17.9 Å². The van der Waals surface area contributed by atoms with E-state index < -0.39 is 0 Å². The van der Waals surface area contributed by atoms with E-state index in [-0.39, 0.29) is 0 Å². The van der Waals surface area contributed by atoms with Crippen molar-refractivity contribution in [2.24, 2.45) is 4.99 Å². The molecule has 0 atom stereocenters. The fourth-order valence-electron chi connectivity index (χ4n) is 3.32. The molecule has 0 unspecified atom stereocenters. The Kier molecular flexibility index (Phi) is 4.83. The topological polar surface area (TPSA) is 85.6 Å². The van der Waals surface area contributed by atoms with Crippen LogP contribution in [0.1, 0.15) is 16.8 Å². The van der Waals surface area contributed by atoms with E-state index in [1.54, 1.807) is 6.20 Å². The Bertz CT molecular complexity index is 1030. The van der Waals surface area contributed by atoms with Gasteiger partial charge in [0.15, 0.2) is 5.82 Å². The minimum absolute atomic E-state index is 0.291. The molecule has 8 nitrogen and oxygen atoms in total. The minimum atomic E-state index is 0.291. The zero-order chi connectivity index (χ0) is 19.5. The molecule has 0 aliphatic carbocycles. The SMILES string of the molecule is C1=NCc2cc(-c3nc(OCc4ccccn4)nc(N4CCOCC4)n3)ccc21. The van der Waals surface area contributed by atoms with Gasteiger partial charge in [0, 0.05) is 31.1 Å². The Morgan fingerprint density at radius 3 is 2.83 bits per heavy atom. The van der Waals surface area contributed by atoms with E-state index in [9.17, 15) is 0 Å². The van der Waals surface area contributed by atoms with Gasteiger partial charge in [0.2, 0.25) is 5.95 Å². The first-order chi connectivity index (χ1) is 14.3. The highest BCUT2D eigenvalue weighted by Crippen LogP contribution is 2.25. The van der Waals surface area contributed by atoms with Crippen molar-refractivity contribution < 1.29 is 9.47 Å². The van der Waals surface area contributed by atoms with Crippen molar-refractivity contribution >= 4 is 12.2 Å². The molecule has 0 N–H and O–H groups in total. The van der Waals surface area contributed by atoms with Gasteiger partial charge in [-0.1, -0.05) is 18.2 Å². The van der Waals surface area contributed by atoms with Crippen molar-refractivity contribution in [1.29, 1.82) is 0 Å². The second kappa shape index (κ2) is 7.92. The lowest BCUT2D eigenvalue weighted by molar-refractivity contribution is 0.122. The monoisotopic (exact) mass is 388 g/mol. The van der Waals surface area contributed by atoms with Crippen LogP contribution in [0.2, 0.25) is 0 Å². The third-order valence-electron chi connectivity index (χ3n) is 4.87. The number of pyridine rings is 1. The normalized spacial score (nSPS) is 15.4. The molecule has 8 heteroatoms. The van der Waals surface area contributed by atoms with Crippen molar-refractivity contribution in [2.75, 3.05) is 31.2 Å². The highest BCUT2D eigenvalue weighted by atomic mass is 16.5. The van der Waals surface area contributed by atoms with Crippen LogP contribution in [0.25, 0.3) is 11.4 Å². The summed E-state index contributed by atoms with van der Waals surface area (Å²) >= 11 is 0. The number of fused-ring (bicyclic) bond motifs is 1. The summed E-state index contributed by atoms with van der Waals surface area (Å²) in [7, 11) is 0. The summed E-state index contributed by atoms with van der Waals surface area (Å²) in [6, 6.07) is 12.1. The molecule has 1 fully saturated rings. The fraction of sp³-hybridized carbons (Fsp3) is 0.286. The van der Waals surface area contributed by atoms with Crippen molar-refractivity contribution in [3.63, 3.8) is 0 Å². The summed E-state index contributed by atoms with van der Waals surface area (Å²) in [5.41, 5.74) is 4.06. The number of ether oxygens (including phenoxy) is 2. The molecule has 0 saturated carbocycles. The molecule has 5 rings (SSSR count). The lowest BCUT2D eigenvalue weighted by Crippen LogP contribution is -2.37. The van der Waals surface area contributed by atoms with Crippen molar-refractivity contribution in [3.8, 4) is 17.4 Å². The largest absolute Gasteiger partial charge is 0.457 e. The van der Waals surface area contributed by atoms with Crippen LogP contribution in [0, 0.1) is 0 Å². The smallest absolute Gasteiger partial charge is 0.322 e. The molecule has 29 heavy (non-hydrogen) atoms. The van der Waals surface area contributed by atoms with E-state index in [1.165, 1.54) is 5.56 Å². The molecule has 1 aromatic carbocycles. The van der Waals surface area contributed by atoms with Crippen LogP contribution < -0.4 is 9.64 Å². The predicted molar refractivity (Wildman–Crippen MR) is 108 cm³/mol. The molecule has 3 aromatic rings. The van der Waals surface area contributed by atoms with Gasteiger partial charge in [-0.3, -0.25) is 9.98 Å². The molecule has 1 saturated heterocycles. The maximum Gasteiger partial charge on any atom is 0.322 e. The van der Waals surface area contributed by atoms with Crippen LogP contribution in [0.4, 0.5) is 5.95 Å². The Labute approximate surface area is 168 Å². The van der Waals surface area contributed by atoms with E-state index in [0.29, 0.717) is 44.1 Å². The first kappa shape index (κ1) is 17.7. The first-order valence-corrected chi connectivity index (χ1v) is 9.60. The fourth-order valence-corrected chi connectivity index (χ4v) is 3.32. The third kappa shape index (κ3) is 3.93. The van der Waals surface area contributed by atoms with E-state index in [0.717, 1.165) is 29.9 Å². The van der Waals surface area contributed by atoms with Crippen molar-refractivity contribution in [3.05, 3.63) is 59.4 Å². The molecular weight excluding hydrogens is 368 g/mol. The molecule has 0 amide bonds. The zero-order valence-electron chi connectivity index (χ0n) is 15.9. The van der Waals surface area contributed by atoms with Gasteiger partial charge in [0.25, 0.3) is 0 Å². The number of morpholine rings is 1. The highest BCUT2D eigenvalue weighted by Gasteiger charge is 2.19. The average Bonchev–Trinajstić information content (AvgIpc) is 3.27. The summed E-state index contributed by atoms with van der Waals surface area (Å²) < 4.78 is 11.3. The number of anilines is 1. The summed E-state index contributed by atoms with van der Waals surface area (Å²) in [5, 5.41) is 0. The number of aliphatic imine (C=N–C) groups is 1. The van der Waals surface area contributed by atoms with Gasteiger partial charge < -0.3 is 14.4 Å². The number of benzene rings is 1. The Morgan fingerprint density at radius 2 is 1.97 bits per heavy atom. The third-order valence-corrected chi connectivity index (χ3v) is 4.87. The van der Waals surface area contributed by atoms with Crippen LogP contribution in [0.15, 0.2) is 47.6 Å². The summed E-state index contributed by atoms with van der Waals surface area (Å²) in [4.78, 5) is 24.5. The lowest BCUT2D eigenvalue weighted by Gasteiger charge is -2.27. The average molecular weight is 388 g/mol. The summed E-state index contributed by atoms with van der Waals surface area (Å²) in [5.74, 6) is 1.19. The van der Waals surface area contributed by atoms with Gasteiger partial charge >= 0.3 is 6.01 Å². The van der Waals surface area contributed by atoms with E-state index in [2.05, 4.69) is 30.9 Å².